The number of hydrogen-bond acceptors (Lipinski definition) is 4. The summed E-state index contributed by atoms with van der Waals surface area (Å²) in [5.41, 5.74) is 0.640. The number of aromatic amines is 1. The standard InChI is InChI=1S/C12H20N4O4/c1-8(2)20-4-3-14-12(19)16-10(11(17)18)5-9-6-13-7-15-9/h6-8,10H,3-5H2,1-2H3,(H,13,15)(H,17,18)(H2,14,16,19)/t10-/m1/s1. The molecule has 0 spiro atoms. The molecule has 0 unspecified atom stereocenters. The van der Waals surface area contributed by atoms with Crippen molar-refractivity contribution in [2.24, 2.45) is 0 Å². The number of nitrogens with zero attached hydrogens (tertiary/aromatic N) is 1. The molecule has 0 aliphatic heterocycles. The van der Waals surface area contributed by atoms with Gasteiger partial charge in [-0.1, -0.05) is 0 Å². The Morgan fingerprint density at radius 2 is 2.25 bits per heavy atom. The Morgan fingerprint density at radius 1 is 1.50 bits per heavy atom. The van der Waals surface area contributed by atoms with Gasteiger partial charge in [-0.15, -0.1) is 0 Å². The lowest BCUT2D eigenvalue weighted by atomic mass is 10.2. The van der Waals surface area contributed by atoms with Crippen LogP contribution in [-0.2, 0) is 16.0 Å². The first-order valence-corrected chi connectivity index (χ1v) is 6.35. The summed E-state index contributed by atoms with van der Waals surface area (Å²) >= 11 is 0. The van der Waals surface area contributed by atoms with Gasteiger partial charge in [0.1, 0.15) is 6.04 Å². The van der Waals surface area contributed by atoms with Crippen molar-refractivity contribution >= 4 is 12.0 Å². The first-order valence-electron chi connectivity index (χ1n) is 6.35. The number of aliphatic carboxylic acids is 1. The number of nitrogens with one attached hydrogen (secondary N) is 3. The number of carbonyl (C=O) groups is 2. The number of carbonyl (C=O) groups excluding carboxylic acids is 1. The van der Waals surface area contributed by atoms with Gasteiger partial charge in [-0.25, -0.2) is 14.6 Å². The van der Waals surface area contributed by atoms with Gasteiger partial charge in [0.15, 0.2) is 0 Å². The van der Waals surface area contributed by atoms with Crippen molar-refractivity contribution < 1.29 is 19.4 Å². The molecule has 0 aromatic carbocycles. The number of aromatic nitrogens is 2. The fourth-order valence-corrected chi connectivity index (χ4v) is 1.48. The van der Waals surface area contributed by atoms with Crippen LogP contribution in [0.4, 0.5) is 4.79 Å². The van der Waals surface area contributed by atoms with Crippen LogP contribution >= 0.6 is 0 Å². The predicted molar refractivity (Wildman–Crippen MR) is 71.3 cm³/mol. The first kappa shape index (κ1) is 16.0. The zero-order chi connectivity index (χ0) is 15.0. The molecule has 0 bridgehead atoms. The number of carboxylic acids is 1. The molecule has 2 amide bonds. The fraction of sp³-hybridized carbons (Fsp3) is 0.583. The van der Waals surface area contributed by atoms with Crippen LogP contribution in [0.15, 0.2) is 12.5 Å². The molecule has 1 rings (SSSR count). The van der Waals surface area contributed by atoms with Crippen LogP contribution in [0.3, 0.4) is 0 Å². The third kappa shape index (κ3) is 6.19. The van der Waals surface area contributed by atoms with Gasteiger partial charge in [0.05, 0.1) is 19.0 Å². The largest absolute Gasteiger partial charge is 0.480 e. The Bertz CT molecular complexity index is 419. The van der Waals surface area contributed by atoms with Crippen molar-refractivity contribution in [1.29, 1.82) is 0 Å². The van der Waals surface area contributed by atoms with Gasteiger partial charge in [-0.3, -0.25) is 0 Å². The Morgan fingerprint density at radius 3 is 2.80 bits per heavy atom. The highest BCUT2D eigenvalue weighted by molar-refractivity contribution is 5.82. The van der Waals surface area contributed by atoms with Crippen LogP contribution in [-0.4, -0.2) is 52.4 Å². The molecular weight excluding hydrogens is 264 g/mol. The van der Waals surface area contributed by atoms with Crippen molar-refractivity contribution in [3.63, 3.8) is 0 Å². The summed E-state index contributed by atoms with van der Waals surface area (Å²) in [4.78, 5) is 29.2. The summed E-state index contributed by atoms with van der Waals surface area (Å²) in [6.07, 6.45) is 3.21. The predicted octanol–water partition coefficient (Wildman–Crippen LogP) is 0.130. The average molecular weight is 284 g/mol. The maximum Gasteiger partial charge on any atom is 0.326 e. The second kappa shape index (κ2) is 8.16. The number of urea groups is 1. The van der Waals surface area contributed by atoms with Crippen LogP contribution in [0.2, 0.25) is 0 Å². The topological polar surface area (TPSA) is 116 Å². The number of rotatable bonds is 8. The van der Waals surface area contributed by atoms with E-state index >= 15 is 0 Å². The lowest BCUT2D eigenvalue weighted by Gasteiger charge is -2.14. The molecule has 1 aromatic heterocycles. The maximum absolute atomic E-state index is 11.6. The van der Waals surface area contributed by atoms with E-state index in [2.05, 4.69) is 20.6 Å². The summed E-state index contributed by atoms with van der Waals surface area (Å²) in [7, 11) is 0. The smallest absolute Gasteiger partial charge is 0.326 e. The Hall–Kier alpha value is -2.09. The minimum Gasteiger partial charge on any atom is -0.480 e. The molecule has 1 heterocycles. The molecule has 1 aromatic rings. The van der Waals surface area contributed by atoms with E-state index in [9.17, 15) is 9.59 Å². The molecular formula is C12H20N4O4. The average Bonchev–Trinajstić information content (AvgIpc) is 2.86. The molecule has 0 aliphatic carbocycles. The summed E-state index contributed by atoms with van der Waals surface area (Å²) in [6.45, 7) is 4.49. The molecule has 8 heteroatoms. The molecule has 0 saturated heterocycles. The highest BCUT2D eigenvalue weighted by atomic mass is 16.5. The molecule has 0 saturated carbocycles. The Labute approximate surface area is 116 Å². The molecule has 0 fully saturated rings. The van der Waals surface area contributed by atoms with Crippen molar-refractivity contribution in [3.05, 3.63) is 18.2 Å². The van der Waals surface area contributed by atoms with Crippen LogP contribution in [0.25, 0.3) is 0 Å². The number of ether oxygens (including phenoxy) is 1. The van der Waals surface area contributed by atoms with Crippen molar-refractivity contribution in [2.75, 3.05) is 13.2 Å². The lowest BCUT2D eigenvalue weighted by Crippen LogP contribution is -2.47. The van der Waals surface area contributed by atoms with E-state index in [0.717, 1.165) is 0 Å². The van der Waals surface area contributed by atoms with Crippen LogP contribution in [0, 0.1) is 0 Å². The molecule has 4 N–H and O–H groups in total. The van der Waals surface area contributed by atoms with Gasteiger partial charge in [-0.05, 0) is 13.8 Å². The van der Waals surface area contributed by atoms with Crippen LogP contribution in [0.1, 0.15) is 19.5 Å². The molecule has 0 aliphatic rings. The molecule has 20 heavy (non-hydrogen) atoms. The highest BCUT2D eigenvalue weighted by Crippen LogP contribution is 1.98. The van der Waals surface area contributed by atoms with E-state index < -0.39 is 18.0 Å². The van der Waals surface area contributed by atoms with E-state index in [1.165, 1.54) is 12.5 Å². The Balaban J connectivity index is 2.34. The summed E-state index contributed by atoms with van der Waals surface area (Å²) in [5.74, 6) is -1.10. The zero-order valence-electron chi connectivity index (χ0n) is 11.5. The number of imidazole rings is 1. The van der Waals surface area contributed by atoms with E-state index in [1.807, 2.05) is 13.8 Å². The van der Waals surface area contributed by atoms with E-state index in [0.29, 0.717) is 18.8 Å². The van der Waals surface area contributed by atoms with E-state index in [4.69, 9.17) is 9.84 Å². The minimum absolute atomic E-state index is 0.0898. The summed E-state index contributed by atoms with van der Waals surface area (Å²) < 4.78 is 5.26. The number of carboxylic acid groups (broad SMARTS) is 1. The molecule has 1 atom stereocenters. The number of H-pyrrole nitrogens is 1. The van der Waals surface area contributed by atoms with Crippen molar-refractivity contribution in [1.82, 2.24) is 20.6 Å². The van der Waals surface area contributed by atoms with Crippen LogP contribution < -0.4 is 10.6 Å². The third-order valence-electron chi connectivity index (χ3n) is 2.42. The summed E-state index contributed by atoms with van der Waals surface area (Å²) in [6, 6.07) is -1.55. The SMILES string of the molecule is CC(C)OCCNC(=O)N[C@H](Cc1cnc[nH]1)C(=O)O. The van der Waals surface area contributed by atoms with Crippen molar-refractivity contribution in [2.45, 2.75) is 32.4 Å². The third-order valence-corrected chi connectivity index (χ3v) is 2.42. The second-order valence-electron chi connectivity index (χ2n) is 4.49. The summed E-state index contributed by atoms with van der Waals surface area (Å²) in [5, 5.41) is 14.0. The van der Waals surface area contributed by atoms with Crippen LogP contribution in [0.5, 0.6) is 0 Å². The van der Waals surface area contributed by atoms with Gasteiger partial charge in [0, 0.05) is 24.9 Å². The van der Waals surface area contributed by atoms with Gasteiger partial charge >= 0.3 is 12.0 Å². The van der Waals surface area contributed by atoms with Crippen molar-refractivity contribution in [3.8, 4) is 0 Å². The maximum atomic E-state index is 11.6. The monoisotopic (exact) mass is 284 g/mol. The quantitative estimate of drug-likeness (QED) is 0.506. The van der Waals surface area contributed by atoms with E-state index in [-0.39, 0.29) is 12.5 Å². The first-order chi connectivity index (χ1) is 9.49. The highest BCUT2D eigenvalue weighted by Gasteiger charge is 2.20. The molecule has 112 valence electrons. The fourth-order valence-electron chi connectivity index (χ4n) is 1.48. The van der Waals surface area contributed by atoms with Gasteiger partial charge in [-0.2, -0.15) is 0 Å². The van der Waals surface area contributed by atoms with E-state index in [1.54, 1.807) is 0 Å². The molecule has 0 radical (unpaired) electrons. The Kier molecular flexibility index (Phi) is 6.51. The normalized spacial score (nSPS) is 12.2. The van der Waals surface area contributed by atoms with Gasteiger partial charge in [0.25, 0.3) is 0 Å². The number of amides is 2. The zero-order valence-corrected chi connectivity index (χ0v) is 11.5. The number of hydrogen-bond donors (Lipinski definition) is 4. The van der Waals surface area contributed by atoms with Gasteiger partial charge in [0.2, 0.25) is 0 Å². The second-order valence-corrected chi connectivity index (χ2v) is 4.49. The minimum atomic E-state index is -1.10. The molecule has 8 nitrogen and oxygen atoms in total. The lowest BCUT2D eigenvalue weighted by molar-refractivity contribution is -0.139. The van der Waals surface area contributed by atoms with Gasteiger partial charge < -0.3 is 25.5 Å².